The third-order valence-corrected chi connectivity index (χ3v) is 3.19. The normalized spacial score (nSPS) is 12.5. The van der Waals surface area contributed by atoms with Crippen molar-refractivity contribution in [1.82, 2.24) is 9.88 Å². The number of rotatable bonds is 7. The largest absolute Gasteiger partial charge is 0.468 e. The highest BCUT2D eigenvalue weighted by Crippen LogP contribution is 2.12. The molecule has 0 radical (unpaired) electrons. The molecule has 19 heavy (non-hydrogen) atoms. The van der Waals surface area contributed by atoms with Gasteiger partial charge in [-0.3, -0.25) is 14.7 Å². The monoisotopic (exact) mass is 264 g/mol. The van der Waals surface area contributed by atoms with E-state index in [0.29, 0.717) is 6.54 Å². The molecule has 1 heterocycles. The highest BCUT2D eigenvalue weighted by molar-refractivity contribution is 5.75. The minimum absolute atomic E-state index is 0.163. The molecular weight excluding hydrogens is 240 g/mol. The van der Waals surface area contributed by atoms with Crippen LogP contribution in [0.15, 0.2) is 18.2 Å². The molecule has 106 valence electrons. The molecule has 1 aromatic heterocycles. The molecule has 4 heteroatoms. The lowest BCUT2D eigenvalue weighted by Crippen LogP contribution is -2.39. The van der Waals surface area contributed by atoms with Crippen LogP contribution < -0.4 is 0 Å². The van der Waals surface area contributed by atoms with Crippen molar-refractivity contribution >= 4 is 5.97 Å². The van der Waals surface area contributed by atoms with Crippen molar-refractivity contribution in [3.8, 4) is 0 Å². The van der Waals surface area contributed by atoms with Crippen LogP contribution in [-0.4, -0.2) is 36.1 Å². The molecule has 0 N–H and O–H groups in total. The molecule has 0 spiro atoms. The number of nitrogens with zero attached hydrogens (tertiary/aromatic N) is 2. The Labute approximate surface area is 115 Å². The number of unbranched alkanes of at least 4 members (excludes halogenated alkanes) is 1. The number of pyridine rings is 1. The van der Waals surface area contributed by atoms with Crippen molar-refractivity contribution in [3.63, 3.8) is 0 Å². The van der Waals surface area contributed by atoms with E-state index in [1.807, 2.05) is 37.1 Å². The molecule has 1 unspecified atom stereocenters. The fourth-order valence-electron chi connectivity index (χ4n) is 2.10. The zero-order valence-electron chi connectivity index (χ0n) is 12.3. The second kappa shape index (κ2) is 7.89. The van der Waals surface area contributed by atoms with Crippen molar-refractivity contribution in [2.75, 3.05) is 14.2 Å². The number of aryl methyl sites for hydroxylation is 1. The van der Waals surface area contributed by atoms with Gasteiger partial charge in [0.2, 0.25) is 0 Å². The van der Waals surface area contributed by atoms with E-state index < -0.39 is 0 Å². The average molecular weight is 264 g/mol. The quantitative estimate of drug-likeness (QED) is 0.710. The molecule has 0 aliphatic rings. The standard InChI is InChI=1S/C15H24N2O2/c1-5-6-10-14(15(18)19-4)17(3)11-13-9-7-8-12(2)16-13/h7-9,14H,5-6,10-11H2,1-4H3. The molecule has 1 atom stereocenters. The maximum Gasteiger partial charge on any atom is 0.323 e. The Morgan fingerprint density at radius 3 is 2.79 bits per heavy atom. The van der Waals surface area contributed by atoms with Gasteiger partial charge < -0.3 is 4.74 Å². The number of carbonyl (C=O) groups is 1. The number of methoxy groups -OCH3 is 1. The highest BCUT2D eigenvalue weighted by atomic mass is 16.5. The summed E-state index contributed by atoms with van der Waals surface area (Å²) in [5, 5.41) is 0. The molecule has 0 aromatic carbocycles. The molecule has 0 aliphatic heterocycles. The Bertz CT molecular complexity index is 407. The van der Waals surface area contributed by atoms with Gasteiger partial charge >= 0.3 is 5.97 Å². The lowest BCUT2D eigenvalue weighted by atomic mass is 10.1. The van der Waals surface area contributed by atoms with Crippen LogP contribution in [0, 0.1) is 6.92 Å². The average Bonchev–Trinajstić information content (AvgIpc) is 2.38. The van der Waals surface area contributed by atoms with Crippen LogP contribution in [0.2, 0.25) is 0 Å². The van der Waals surface area contributed by atoms with Gasteiger partial charge in [-0.2, -0.15) is 0 Å². The van der Waals surface area contributed by atoms with Crippen molar-refractivity contribution in [3.05, 3.63) is 29.6 Å². The van der Waals surface area contributed by atoms with Crippen LogP contribution in [0.5, 0.6) is 0 Å². The summed E-state index contributed by atoms with van der Waals surface area (Å²) in [4.78, 5) is 18.3. The summed E-state index contributed by atoms with van der Waals surface area (Å²) < 4.78 is 4.89. The van der Waals surface area contributed by atoms with E-state index in [2.05, 4.69) is 11.9 Å². The first kappa shape index (κ1) is 15.6. The molecular formula is C15H24N2O2. The van der Waals surface area contributed by atoms with Crippen molar-refractivity contribution in [1.29, 1.82) is 0 Å². The molecule has 0 saturated heterocycles. The SMILES string of the molecule is CCCCC(C(=O)OC)N(C)Cc1cccc(C)n1. The van der Waals surface area contributed by atoms with Gasteiger partial charge in [-0.1, -0.05) is 25.8 Å². The van der Waals surface area contributed by atoms with Crippen LogP contribution in [0.1, 0.15) is 37.6 Å². The third-order valence-electron chi connectivity index (χ3n) is 3.19. The Kier molecular flexibility index (Phi) is 6.50. The van der Waals surface area contributed by atoms with Crippen LogP contribution >= 0.6 is 0 Å². The smallest absolute Gasteiger partial charge is 0.323 e. The summed E-state index contributed by atoms with van der Waals surface area (Å²) in [6.07, 6.45) is 2.92. The summed E-state index contributed by atoms with van der Waals surface area (Å²) in [7, 11) is 3.39. The summed E-state index contributed by atoms with van der Waals surface area (Å²) >= 11 is 0. The second-order valence-corrected chi connectivity index (χ2v) is 4.87. The van der Waals surface area contributed by atoms with Crippen LogP contribution in [0.4, 0.5) is 0 Å². The Hall–Kier alpha value is -1.42. The topological polar surface area (TPSA) is 42.4 Å². The van der Waals surface area contributed by atoms with Gasteiger partial charge in [0.15, 0.2) is 0 Å². The maximum absolute atomic E-state index is 11.8. The molecule has 0 fully saturated rings. The predicted molar refractivity (Wildman–Crippen MR) is 75.8 cm³/mol. The number of likely N-dealkylation sites (N-methyl/N-ethyl adjacent to an activating group) is 1. The first-order valence-corrected chi connectivity index (χ1v) is 6.79. The molecule has 1 aromatic rings. The van der Waals surface area contributed by atoms with Gasteiger partial charge in [0.1, 0.15) is 6.04 Å². The number of hydrogen-bond acceptors (Lipinski definition) is 4. The molecule has 0 amide bonds. The fourth-order valence-corrected chi connectivity index (χ4v) is 2.10. The zero-order chi connectivity index (χ0) is 14.3. The molecule has 0 saturated carbocycles. The van der Waals surface area contributed by atoms with E-state index in [-0.39, 0.29) is 12.0 Å². The van der Waals surface area contributed by atoms with Crippen LogP contribution in [0.3, 0.4) is 0 Å². The van der Waals surface area contributed by atoms with E-state index in [0.717, 1.165) is 30.7 Å². The van der Waals surface area contributed by atoms with Gasteiger partial charge in [0.05, 0.1) is 12.8 Å². The number of hydrogen-bond donors (Lipinski definition) is 0. The first-order chi connectivity index (χ1) is 9.08. The summed E-state index contributed by atoms with van der Waals surface area (Å²) in [6.45, 7) is 4.75. The van der Waals surface area contributed by atoms with E-state index in [1.54, 1.807) is 0 Å². The van der Waals surface area contributed by atoms with Crippen molar-refractivity contribution in [2.45, 2.75) is 45.7 Å². The highest BCUT2D eigenvalue weighted by Gasteiger charge is 2.23. The van der Waals surface area contributed by atoms with E-state index in [9.17, 15) is 4.79 Å². The van der Waals surface area contributed by atoms with Gasteiger partial charge in [-0.15, -0.1) is 0 Å². The zero-order valence-corrected chi connectivity index (χ0v) is 12.3. The van der Waals surface area contributed by atoms with E-state index >= 15 is 0 Å². The third kappa shape index (κ3) is 4.99. The van der Waals surface area contributed by atoms with Crippen molar-refractivity contribution < 1.29 is 9.53 Å². The summed E-state index contributed by atoms with van der Waals surface area (Å²) in [5.74, 6) is -0.163. The van der Waals surface area contributed by atoms with E-state index in [4.69, 9.17) is 4.74 Å². The molecule has 0 bridgehead atoms. The minimum Gasteiger partial charge on any atom is -0.468 e. The lowest BCUT2D eigenvalue weighted by molar-refractivity contribution is -0.147. The summed E-state index contributed by atoms with van der Waals surface area (Å²) in [5.41, 5.74) is 1.97. The fraction of sp³-hybridized carbons (Fsp3) is 0.600. The number of esters is 1. The Morgan fingerprint density at radius 1 is 1.47 bits per heavy atom. The summed E-state index contributed by atoms with van der Waals surface area (Å²) in [6, 6.07) is 5.76. The minimum atomic E-state index is -0.188. The second-order valence-electron chi connectivity index (χ2n) is 4.87. The van der Waals surface area contributed by atoms with E-state index in [1.165, 1.54) is 7.11 Å². The number of ether oxygens (including phenoxy) is 1. The van der Waals surface area contributed by atoms with Gasteiger partial charge in [-0.05, 0) is 32.5 Å². The Morgan fingerprint density at radius 2 is 2.21 bits per heavy atom. The van der Waals surface area contributed by atoms with Crippen LogP contribution in [0.25, 0.3) is 0 Å². The predicted octanol–water partition coefficient (Wildman–Crippen LogP) is 2.55. The number of aromatic nitrogens is 1. The van der Waals surface area contributed by atoms with Crippen LogP contribution in [-0.2, 0) is 16.1 Å². The van der Waals surface area contributed by atoms with Gasteiger partial charge in [0.25, 0.3) is 0 Å². The number of carbonyl (C=O) groups excluding carboxylic acids is 1. The lowest BCUT2D eigenvalue weighted by Gasteiger charge is -2.25. The maximum atomic E-state index is 11.8. The molecule has 0 aliphatic carbocycles. The van der Waals surface area contributed by atoms with Crippen molar-refractivity contribution in [2.24, 2.45) is 0 Å². The molecule has 1 rings (SSSR count). The molecule has 4 nitrogen and oxygen atoms in total. The first-order valence-electron chi connectivity index (χ1n) is 6.79. The van der Waals surface area contributed by atoms with Gasteiger partial charge in [-0.25, -0.2) is 0 Å². The Balaban J connectivity index is 2.70. The van der Waals surface area contributed by atoms with Gasteiger partial charge in [0, 0.05) is 12.2 Å².